The van der Waals surface area contributed by atoms with Gasteiger partial charge >= 0.3 is 0 Å². The Labute approximate surface area is 176 Å². The first-order valence-corrected chi connectivity index (χ1v) is 9.97. The number of amides is 1. The Hall–Kier alpha value is -3.54. The topological polar surface area (TPSA) is 69.6 Å². The molecule has 0 aliphatic carbocycles. The van der Waals surface area contributed by atoms with E-state index in [0.29, 0.717) is 42.6 Å². The van der Waals surface area contributed by atoms with Gasteiger partial charge in [-0.15, -0.1) is 0 Å². The normalized spacial score (nSPS) is 10.5. The highest BCUT2D eigenvalue weighted by Crippen LogP contribution is 2.29. The first kappa shape index (κ1) is 21.2. The number of nitrogens with one attached hydrogen (secondary N) is 1. The summed E-state index contributed by atoms with van der Waals surface area (Å²) >= 11 is 0. The van der Waals surface area contributed by atoms with E-state index >= 15 is 0 Å². The Morgan fingerprint density at radius 3 is 2.40 bits per heavy atom. The third-order valence-corrected chi connectivity index (χ3v) is 4.55. The molecule has 6 heteroatoms. The number of ether oxygens (including phenoxy) is 2. The van der Waals surface area contributed by atoms with Crippen molar-refractivity contribution in [3.8, 4) is 11.5 Å². The highest BCUT2D eigenvalue weighted by atomic mass is 16.5. The summed E-state index contributed by atoms with van der Waals surface area (Å²) in [5, 5.41) is 2.67. The summed E-state index contributed by atoms with van der Waals surface area (Å²) in [6, 6.07) is 16.6. The first-order valence-electron chi connectivity index (χ1n) is 9.97. The van der Waals surface area contributed by atoms with Gasteiger partial charge in [-0.1, -0.05) is 29.8 Å². The van der Waals surface area contributed by atoms with Crippen LogP contribution < -0.4 is 14.8 Å². The molecule has 1 heterocycles. The second kappa shape index (κ2) is 9.78. The number of Topliss-reactive ketones (excluding diaryl/α,β-unsaturated/α-hetero) is 1. The third-order valence-electron chi connectivity index (χ3n) is 4.55. The van der Waals surface area contributed by atoms with E-state index in [0.717, 1.165) is 5.56 Å². The van der Waals surface area contributed by atoms with Gasteiger partial charge in [-0.25, -0.2) is 0 Å². The second-order valence-corrected chi connectivity index (χ2v) is 6.81. The van der Waals surface area contributed by atoms with Gasteiger partial charge in [0.15, 0.2) is 0 Å². The smallest absolute Gasteiger partial charge is 0.298 e. The van der Waals surface area contributed by atoms with Crippen molar-refractivity contribution in [1.82, 2.24) is 4.57 Å². The molecular formula is C24H26N2O4. The number of carbonyl (C=O) groups is 2. The van der Waals surface area contributed by atoms with Crippen molar-refractivity contribution in [3.63, 3.8) is 0 Å². The lowest BCUT2D eigenvalue weighted by molar-refractivity contribution is -0.112. The Bertz CT molecular complexity index is 1020. The molecule has 3 aromatic rings. The number of nitrogens with zero attached hydrogens (tertiary/aromatic N) is 1. The van der Waals surface area contributed by atoms with E-state index in [1.54, 1.807) is 41.1 Å². The minimum absolute atomic E-state index is 0.326. The molecule has 6 nitrogen and oxygen atoms in total. The molecule has 0 aliphatic rings. The van der Waals surface area contributed by atoms with Crippen molar-refractivity contribution < 1.29 is 19.1 Å². The van der Waals surface area contributed by atoms with Gasteiger partial charge in [0.25, 0.3) is 11.7 Å². The van der Waals surface area contributed by atoms with Crippen molar-refractivity contribution >= 4 is 17.4 Å². The molecule has 1 amide bonds. The van der Waals surface area contributed by atoms with Crippen LogP contribution in [0.3, 0.4) is 0 Å². The van der Waals surface area contributed by atoms with Crippen LogP contribution in [-0.2, 0) is 11.3 Å². The van der Waals surface area contributed by atoms with Gasteiger partial charge in [0, 0.05) is 18.8 Å². The van der Waals surface area contributed by atoms with E-state index in [1.807, 2.05) is 45.0 Å². The number of benzene rings is 2. The van der Waals surface area contributed by atoms with E-state index < -0.39 is 11.7 Å². The summed E-state index contributed by atoms with van der Waals surface area (Å²) in [7, 11) is 0. The number of rotatable bonds is 9. The van der Waals surface area contributed by atoms with Gasteiger partial charge < -0.3 is 19.4 Å². The van der Waals surface area contributed by atoms with Gasteiger partial charge in [0.05, 0.1) is 24.6 Å². The number of hydrogen-bond donors (Lipinski definition) is 1. The molecule has 3 rings (SSSR count). The second-order valence-electron chi connectivity index (χ2n) is 6.81. The summed E-state index contributed by atoms with van der Waals surface area (Å²) in [6.07, 6.45) is 1.79. The largest absolute Gasteiger partial charge is 0.494 e. The summed E-state index contributed by atoms with van der Waals surface area (Å²) in [5.74, 6) is -0.270. The zero-order valence-electron chi connectivity index (χ0n) is 17.5. The van der Waals surface area contributed by atoms with Crippen LogP contribution in [0.2, 0.25) is 0 Å². The first-order chi connectivity index (χ1) is 14.5. The highest BCUT2D eigenvalue weighted by molar-refractivity contribution is 6.46. The van der Waals surface area contributed by atoms with Crippen molar-refractivity contribution in [2.24, 2.45) is 0 Å². The third kappa shape index (κ3) is 5.08. The average molecular weight is 406 g/mol. The Morgan fingerprint density at radius 1 is 0.967 bits per heavy atom. The van der Waals surface area contributed by atoms with Gasteiger partial charge in [-0.3, -0.25) is 9.59 Å². The molecule has 0 radical (unpaired) electrons. The van der Waals surface area contributed by atoms with Crippen molar-refractivity contribution in [1.29, 1.82) is 0 Å². The van der Waals surface area contributed by atoms with Crippen LogP contribution >= 0.6 is 0 Å². The molecular weight excluding hydrogens is 380 g/mol. The maximum absolute atomic E-state index is 12.9. The molecule has 0 atom stereocenters. The molecule has 30 heavy (non-hydrogen) atoms. The molecule has 156 valence electrons. The van der Waals surface area contributed by atoms with Crippen molar-refractivity contribution in [2.45, 2.75) is 27.3 Å². The van der Waals surface area contributed by atoms with Crippen LogP contribution in [0.4, 0.5) is 5.69 Å². The molecule has 0 bridgehead atoms. The average Bonchev–Trinajstić information content (AvgIpc) is 3.19. The zero-order chi connectivity index (χ0) is 21.5. The number of carbonyl (C=O) groups excluding carboxylic acids is 2. The summed E-state index contributed by atoms with van der Waals surface area (Å²) in [5.41, 5.74) is 2.94. The molecule has 0 saturated carbocycles. The van der Waals surface area contributed by atoms with E-state index in [1.165, 1.54) is 5.56 Å². The lowest BCUT2D eigenvalue weighted by atomic mass is 10.1. The maximum Gasteiger partial charge on any atom is 0.298 e. The molecule has 0 saturated heterocycles. The number of aryl methyl sites for hydroxylation is 1. The van der Waals surface area contributed by atoms with Crippen LogP contribution in [0, 0.1) is 6.92 Å². The van der Waals surface area contributed by atoms with Crippen LogP contribution in [-0.4, -0.2) is 29.5 Å². The molecule has 1 aromatic heterocycles. The maximum atomic E-state index is 12.9. The minimum atomic E-state index is -0.728. The van der Waals surface area contributed by atoms with Gasteiger partial charge in [-0.2, -0.15) is 0 Å². The van der Waals surface area contributed by atoms with Crippen LogP contribution in [0.1, 0.15) is 35.5 Å². The SMILES string of the molecule is CCOc1ccc(OCC)c(NC(=O)C(=O)c2cccn2Cc2ccc(C)cc2)c1. The fourth-order valence-electron chi connectivity index (χ4n) is 3.09. The van der Waals surface area contributed by atoms with Gasteiger partial charge in [0.2, 0.25) is 0 Å². The Balaban J connectivity index is 1.78. The van der Waals surface area contributed by atoms with Crippen molar-refractivity contribution in [2.75, 3.05) is 18.5 Å². The zero-order valence-corrected chi connectivity index (χ0v) is 17.5. The molecule has 1 N–H and O–H groups in total. The lowest BCUT2D eigenvalue weighted by Gasteiger charge is -2.14. The Kier molecular flexibility index (Phi) is 6.91. The number of anilines is 1. The number of ketones is 1. The van der Waals surface area contributed by atoms with Crippen LogP contribution in [0.25, 0.3) is 0 Å². The summed E-state index contributed by atoms with van der Waals surface area (Å²) < 4.78 is 12.8. The Morgan fingerprint density at radius 2 is 1.70 bits per heavy atom. The molecule has 0 spiro atoms. The molecule has 0 fully saturated rings. The predicted molar refractivity (Wildman–Crippen MR) is 116 cm³/mol. The summed E-state index contributed by atoms with van der Waals surface area (Å²) in [4.78, 5) is 25.6. The standard InChI is InChI=1S/C24H26N2O4/c1-4-29-19-12-13-22(30-5-2)20(15-19)25-24(28)23(27)21-7-6-14-26(21)16-18-10-8-17(3)9-11-18/h6-15H,4-5,16H2,1-3H3,(H,25,28). The number of aromatic nitrogens is 1. The lowest BCUT2D eigenvalue weighted by Crippen LogP contribution is -2.25. The monoisotopic (exact) mass is 406 g/mol. The van der Waals surface area contributed by atoms with Gasteiger partial charge in [0.1, 0.15) is 11.5 Å². The fourth-order valence-corrected chi connectivity index (χ4v) is 3.09. The van der Waals surface area contributed by atoms with Crippen molar-refractivity contribution in [3.05, 3.63) is 77.6 Å². The highest BCUT2D eigenvalue weighted by Gasteiger charge is 2.21. The van der Waals surface area contributed by atoms with E-state index in [-0.39, 0.29) is 0 Å². The molecule has 0 aliphatic heterocycles. The van der Waals surface area contributed by atoms with E-state index in [9.17, 15) is 9.59 Å². The quantitative estimate of drug-likeness (QED) is 0.421. The van der Waals surface area contributed by atoms with E-state index in [4.69, 9.17) is 9.47 Å². The predicted octanol–water partition coefficient (Wildman–Crippen LogP) is 4.46. The van der Waals surface area contributed by atoms with Gasteiger partial charge in [-0.05, 0) is 50.6 Å². The number of hydrogen-bond acceptors (Lipinski definition) is 4. The van der Waals surface area contributed by atoms with Crippen LogP contribution in [0.5, 0.6) is 11.5 Å². The fraction of sp³-hybridized carbons (Fsp3) is 0.250. The summed E-state index contributed by atoms with van der Waals surface area (Å²) in [6.45, 7) is 7.18. The molecule has 0 unspecified atom stereocenters. The van der Waals surface area contributed by atoms with Crippen LogP contribution in [0.15, 0.2) is 60.8 Å². The van der Waals surface area contributed by atoms with E-state index in [2.05, 4.69) is 5.32 Å². The minimum Gasteiger partial charge on any atom is -0.494 e. The molecule has 2 aromatic carbocycles.